The maximum atomic E-state index is 5.28. The van der Waals surface area contributed by atoms with E-state index in [9.17, 15) is 0 Å². The fourth-order valence-corrected chi connectivity index (χ4v) is 1.94. The van der Waals surface area contributed by atoms with Gasteiger partial charge in [-0.1, -0.05) is 11.6 Å². The SMILES string of the molecule is CN=C(NCCC1=CCOCC1)NCc1ccco1. The number of hydrogen-bond donors (Lipinski definition) is 2. The van der Waals surface area contributed by atoms with Crippen molar-refractivity contribution in [2.24, 2.45) is 4.99 Å². The molecule has 0 amide bonds. The van der Waals surface area contributed by atoms with E-state index >= 15 is 0 Å². The van der Waals surface area contributed by atoms with Gasteiger partial charge in [-0.2, -0.15) is 0 Å². The second-order valence-corrected chi connectivity index (χ2v) is 4.37. The van der Waals surface area contributed by atoms with Gasteiger partial charge in [0.15, 0.2) is 5.96 Å². The Hall–Kier alpha value is -1.75. The van der Waals surface area contributed by atoms with Crippen molar-refractivity contribution in [3.63, 3.8) is 0 Å². The summed E-state index contributed by atoms with van der Waals surface area (Å²) in [5, 5.41) is 6.51. The lowest BCUT2D eigenvalue weighted by molar-refractivity contribution is 0.153. The first kappa shape index (κ1) is 13.7. The highest BCUT2D eigenvalue weighted by atomic mass is 16.5. The number of furan rings is 1. The lowest BCUT2D eigenvalue weighted by Crippen LogP contribution is -2.37. The van der Waals surface area contributed by atoms with Crippen LogP contribution in [0.4, 0.5) is 0 Å². The van der Waals surface area contributed by atoms with Crippen LogP contribution < -0.4 is 10.6 Å². The van der Waals surface area contributed by atoms with Gasteiger partial charge in [0.05, 0.1) is 26.0 Å². The van der Waals surface area contributed by atoms with E-state index in [-0.39, 0.29) is 0 Å². The largest absolute Gasteiger partial charge is 0.467 e. The molecule has 2 N–H and O–H groups in total. The summed E-state index contributed by atoms with van der Waals surface area (Å²) in [5.41, 5.74) is 1.46. The Morgan fingerprint density at radius 1 is 1.42 bits per heavy atom. The van der Waals surface area contributed by atoms with Gasteiger partial charge in [0.2, 0.25) is 0 Å². The van der Waals surface area contributed by atoms with Crippen LogP contribution in [0.5, 0.6) is 0 Å². The third-order valence-electron chi connectivity index (χ3n) is 3.03. The van der Waals surface area contributed by atoms with Crippen LogP contribution in [-0.4, -0.2) is 32.8 Å². The molecule has 0 unspecified atom stereocenters. The molecule has 1 aromatic heterocycles. The van der Waals surface area contributed by atoms with Crippen LogP contribution in [0, 0.1) is 0 Å². The molecule has 5 nitrogen and oxygen atoms in total. The molecule has 0 fully saturated rings. The predicted octanol–water partition coefficient (Wildman–Crippen LogP) is 1.68. The number of nitrogens with one attached hydrogen (secondary N) is 2. The van der Waals surface area contributed by atoms with E-state index in [2.05, 4.69) is 21.7 Å². The molecule has 0 aromatic carbocycles. The van der Waals surface area contributed by atoms with Crippen molar-refractivity contribution in [1.29, 1.82) is 0 Å². The first-order valence-corrected chi connectivity index (χ1v) is 6.61. The van der Waals surface area contributed by atoms with Crippen LogP contribution >= 0.6 is 0 Å². The standard InChI is InChI=1S/C14H21N3O2/c1-15-14(17-11-13-3-2-8-19-13)16-7-4-12-5-9-18-10-6-12/h2-3,5,8H,4,6-7,9-11H2,1H3,(H2,15,16,17). The third kappa shape index (κ3) is 4.79. The molecule has 19 heavy (non-hydrogen) atoms. The fraction of sp³-hybridized carbons (Fsp3) is 0.500. The monoisotopic (exact) mass is 263 g/mol. The molecule has 1 aliphatic heterocycles. The summed E-state index contributed by atoms with van der Waals surface area (Å²) in [6.45, 7) is 3.12. The van der Waals surface area contributed by atoms with Gasteiger partial charge in [0.1, 0.15) is 5.76 Å². The number of aliphatic imine (C=N–C) groups is 1. The molecule has 0 bridgehead atoms. The minimum Gasteiger partial charge on any atom is -0.467 e. The molecular formula is C14H21N3O2. The van der Waals surface area contributed by atoms with Crippen LogP contribution in [0.1, 0.15) is 18.6 Å². The molecule has 0 radical (unpaired) electrons. The fourth-order valence-electron chi connectivity index (χ4n) is 1.94. The van der Waals surface area contributed by atoms with E-state index < -0.39 is 0 Å². The quantitative estimate of drug-likeness (QED) is 0.482. The third-order valence-corrected chi connectivity index (χ3v) is 3.03. The normalized spacial score (nSPS) is 16.1. The Morgan fingerprint density at radius 3 is 3.05 bits per heavy atom. The van der Waals surface area contributed by atoms with Crippen LogP contribution in [-0.2, 0) is 11.3 Å². The zero-order valence-electron chi connectivity index (χ0n) is 11.3. The summed E-state index contributed by atoms with van der Waals surface area (Å²) >= 11 is 0. The molecule has 0 spiro atoms. The Bertz CT molecular complexity index is 424. The summed E-state index contributed by atoms with van der Waals surface area (Å²) in [5.74, 6) is 1.69. The van der Waals surface area contributed by atoms with Gasteiger partial charge in [-0.25, -0.2) is 0 Å². The van der Waals surface area contributed by atoms with E-state index in [0.29, 0.717) is 6.54 Å². The Morgan fingerprint density at radius 2 is 2.37 bits per heavy atom. The molecule has 0 atom stereocenters. The van der Waals surface area contributed by atoms with Crippen molar-refractivity contribution in [3.05, 3.63) is 35.8 Å². The van der Waals surface area contributed by atoms with E-state index in [0.717, 1.165) is 44.3 Å². The van der Waals surface area contributed by atoms with Crippen molar-refractivity contribution in [1.82, 2.24) is 10.6 Å². The summed E-state index contributed by atoms with van der Waals surface area (Å²) in [6.07, 6.45) is 5.92. The maximum absolute atomic E-state index is 5.28. The molecule has 104 valence electrons. The maximum Gasteiger partial charge on any atom is 0.191 e. The highest BCUT2D eigenvalue weighted by Crippen LogP contribution is 2.10. The van der Waals surface area contributed by atoms with Crippen molar-refractivity contribution in [3.8, 4) is 0 Å². The minimum absolute atomic E-state index is 0.642. The first-order chi connectivity index (χ1) is 9.38. The zero-order chi connectivity index (χ0) is 13.3. The lowest BCUT2D eigenvalue weighted by Gasteiger charge is -2.15. The number of nitrogens with zero attached hydrogens (tertiary/aromatic N) is 1. The number of guanidine groups is 1. The molecule has 0 saturated carbocycles. The minimum atomic E-state index is 0.642. The van der Waals surface area contributed by atoms with Crippen LogP contribution in [0.3, 0.4) is 0 Å². The van der Waals surface area contributed by atoms with Gasteiger partial charge in [0, 0.05) is 13.6 Å². The molecule has 0 aliphatic carbocycles. The Balaban J connectivity index is 1.66. The number of ether oxygens (including phenoxy) is 1. The summed E-state index contributed by atoms with van der Waals surface area (Å²) in [4.78, 5) is 4.18. The van der Waals surface area contributed by atoms with Crippen molar-refractivity contribution >= 4 is 5.96 Å². The lowest BCUT2D eigenvalue weighted by atomic mass is 10.1. The predicted molar refractivity (Wildman–Crippen MR) is 75.0 cm³/mol. The van der Waals surface area contributed by atoms with Gasteiger partial charge in [0.25, 0.3) is 0 Å². The van der Waals surface area contributed by atoms with Crippen molar-refractivity contribution in [2.45, 2.75) is 19.4 Å². The van der Waals surface area contributed by atoms with Gasteiger partial charge in [-0.15, -0.1) is 0 Å². The Kier molecular flexibility index (Phi) is 5.49. The summed E-state index contributed by atoms with van der Waals surface area (Å²) in [6, 6.07) is 3.82. The molecule has 1 aliphatic rings. The summed E-state index contributed by atoms with van der Waals surface area (Å²) in [7, 11) is 1.77. The zero-order valence-corrected chi connectivity index (χ0v) is 11.3. The van der Waals surface area contributed by atoms with Crippen LogP contribution in [0.25, 0.3) is 0 Å². The smallest absolute Gasteiger partial charge is 0.191 e. The van der Waals surface area contributed by atoms with Crippen molar-refractivity contribution < 1.29 is 9.15 Å². The topological polar surface area (TPSA) is 58.8 Å². The number of rotatable bonds is 5. The van der Waals surface area contributed by atoms with E-state index in [1.165, 1.54) is 5.57 Å². The average Bonchev–Trinajstić information content (AvgIpc) is 2.97. The first-order valence-electron chi connectivity index (χ1n) is 6.61. The molecule has 2 rings (SSSR count). The van der Waals surface area contributed by atoms with Gasteiger partial charge < -0.3 is 19.8 Å². The molecule has 1 aromatic rings. The van der Waals surface area contributed by atoms with Crippen LogP contribution in [0.15, 0.2) is 39.5 Å². The molecule has 0 saturated heterocycles. The second kappa shape index (κ2) is 7.63. The number of hydrogen-bond acceptors (Lipinski definition) is 3. The second-order valence-electron chi connectivity index (χ2n) is 4.37. The average molecular weight is 263 g/mol. The van der Waals surface area contributed by atoms with Crippen LogP contribution in [0.2, 0.25) is 0 Å². The van der Waals surface area contributed by atoms with Gasteiger partial charge >= 0.3 is 0 Å². The molecular weight excluding hydrogens is 242 g/mol. The van der Waals surface area contributed by atoms with Crippen molar-refractivity contribution in [2.75, 3.05) is 26.8 Å². The highest BCUT2D eigenvalue weighted by Gasteiger charge is 2.04. The van der Waals surface area contributed by atoms with Gasteiger partial charge in [-0.3, -0.25) is 4.99 Å². The highest BCUT2D eigenvalue weighted by molar-refractivity contribution is 5.79. The van der Waals surface area contributed by atoms with E-state index in [4.69, 9.17) is 9.15 Å². The van der Waals surface area contributed by atoms with E-state index in [1.54, 1.807) is 13.3 Å². The van der Waals surface area contributed by atoms with E-state index in [1.807, 2.05) is 12.1 Å². The summed E-state index contributed by atoms with van der Waals surface area (Å²) < 4.78 is 10.5. The molecule has 5 heteroatoms. The van der Waals surface area contributed by atoms with Gasteiger partial charge in [-0.05, 0) is 25.0 Å². The Labute approximate surface area is 113 Å². The molecule has 2 heterocycles.